The molecular weight excluding hydrogens is 961 g/mol. The second-order valence-corrected chi connectivity index (χ2v) is 18.0. The van der Waals surface area contributed by atoms with Gasteiger partial charge in [-0.25, -0.2) is 9.48 Å². The van der Waals surface area contributed by atoms with Gasteiger partial charge in [-0.2, -0.15) is 30.4 Å². The van der Waals surface area contributed by atoms with Gasteiger partial charge in [-0.1, -0.05) is 30.3 Å². The van der Waals surface area contributed by atoms with Crippen LogP contribution in [0.2, 0.25) is 0 Å². The van der Waals surface area contributed by atoms with Crippen LogP contribution in [0.3, 0.4) is 0 Å². The number of carboxylic acids is 1. The van der Waals surface area contributed by atoms with Crippen molar-refractivity contribution in [3.05, 3.63) is 113 Å². The van der Waals surface area contributed by atoms with E-state index in [2.05, 4.69) is 35.8 Å². The van der Waals surface area contributed by atoms with Crippen LogP contribution in [0, 0.1) is 0 Å². The van der Waals surface area contributed by atoms with Crippen LogP contribution in [-0.4, -0.2) is 102 Å². The minimum absolute atomic E-state index is 0.0346. The third-order valence-corrected chi connectivity index (χ3v) is 12.1. The average molecular weight is 993 g/mol. The Hall–Kier alpha value is -7.83. The highest BCUT2D eigenvalue weighted by atomic mass is 32.2. The van der Waals surface area contributed by atoms with E-state index in [9.17, 15) is 68.9 Å². The van der Waals surface area contributed by atoms with Crippen LogP contribution in [0.1, 0.15) is 10.5 Å². The topological polar surface area (TPSA) is 392 Å². The van der Waals surface area contributed by atoms with Gasteiger partial charge in [-0.05, 0) is 65.4 Å². The van der Waals surface area contributed by atoms with Gasteiger partial charge >= 0.3 is 5.97 Å². The van der Waals surface area contributed by atoms with Gasteiger partial charge in [0.2, 0.25) is 0 Å². The van der Waals surface area contributed by atoms with Crippen LogP contribution < -0.4 is 15.0 Å². The molecule has 7 aromatic rings. The Bertz CT molecular complexity index is 3650. The van der Waals surface area contributed by atoms with Crippen molar-refractivity contribution >= 4 is 92.0 Å². The summed E-state index contributed by atoms with van der Waals surface area (Å²) in [7, 11) is -14.6. The first-order chi connectivity index (χ1) is 32.2. The van der Waals surface area contributed by atoms with Gasteiger partial charge < -0.3 is 29.9 Å². The smallest absolute Gasteiger partial charge is 0.356 e. The first kappa shape index (κ1) is 48.1. The molecule has 0 aliphatic carbocycles. The van der Waals surface area contributed by atoms with E-state index >= 15 is 0 Å². The Kier molecular flexibility index (Phi) is 13.6. The van der Waals surface area contributed by atoms with Crippen molar-refractivity contribution in [2.75, 3.05) is 26.4 Å². The number of fused-ring (bicyclic) bond motifs is 2. The molecule has 0 saturated carbocycles. The lowest BCUT2D eigenvalue weighted by molar-refractivity contribution is 0.0690. The van der Waals surface area contributed by atoms with Crippen molar-refractivity contribution in [1.82, 2.24) is 9.78 Å². The molecule has 0 aliphatic heterocycles. The quantitative estimate of drug-likeness (QED) is 0.0351. The highest BCUT2D eigenvalue weighted by Crippen LogP contribution is 2.45. The van der Waals surface area contributed by atoms with E-state index in [4.69, 9.17) is 9.47 Å². The fourth-order valence-electron chi connectivity index (χ4n) is 6.45. The molecule has 1 aromatic heterocycles. The fraction of sp³-hybridized carbons (Fsp3) is 0.100. The molecule has 0 spiro atoms. The molecule has 0 radical (unpaired) electrons. The Labute approximate surface area is 381 Å². The lowest BCUT2D eigenvalue weighted by Crippen LogP contribution is -2.14. The Balaban J connectivity index is 1.29. The number of aromatic carboxylic acids is 1. The molecule has 0 saturated heterocycles. The first-order valence-electron chi connectivity index (χ1n) is 19.0. The maximum absolute atomic E-state index is 13.5. The maximum Gasteiger partial charge on any atom is 0.356 e. The van der Waals surface area contributed by atoms with Gasteiger partial charge in [0.15, 0.2) is 17.1 Å². The number of aromatic amines is 1. The van der Waals surface area contributed by atoms with Crippen molar-refractivity contribution in [2.45, 2.75) is 14.7 Å². The molecular formula is C40H32N8O17S3. The molecule has 7 rings (SSSR count). The van der Waals surface area contributed by atoms with Crippen molar-refractivity contribution < 1.29 is 73.6 Å². The number of hydrogen-bond acceptors (Lipinski definition) is 19. The molecule has 25 nitrogen and oxygen atoms in total. The highest BCUT2D eigenvalue weighted by Gasteiger charge is 2.26. The molecule has 0 atom stereocenters. The maximum atomic E-state index is 13.5. The van der Waals surface area contributed by atoms with Gasteiger partial charge in [-0.15, -0.1) is 25.6 Å². The number of rotatable bonds is 17. The third kappa shape index (κ3) is 10.3. The Morgan fingerprint density at radius 3 is 1.81 bits per heavy atom. The number of benzene rings is 6. The number of aliphatic hydroxyl groups is 2. The molecule has 8 N–H and O–H groups in total. The van der Waals surface area contributed by atoms with E-state index in [-0.39, 0.29) is 69.3 Å². The van der Waals surface area contributed by atoms with Gasteiger partial charge in [0.25, 0.3) is 35.9 Å². The van der Waals surface area contributed by atoms with Gasteiger partial charge in [0, 0.05) is 22.9 Å². The molecule has 0 amide bonds. The summed E-state index contributed by atoms with van der Waals surface area (Å²) in [6.07, 6.45) is 0. The zero-order chi connectivity index (χ0) is 49.1. The number of carboxylic acid groups (broad SMARTS) is 1. The summed E-state index contributed by atoms with van der Waals surface area (Å²) in [6, 6.07) is 20.0. The normalized spacial score (nSPS) is 12.5. The Morgan fingerprint density at radius 1 is 0.618 bits per heavy atom. The van der Waals surface area contributed by atoms with Crippen LogP contribution in [0.4, 0.5) is 34.1 Å². The zero-order valence-electron chi connectivity index (χ0n) is 34.1. The summed E-state index contributed by atoms with van der Waals surface area (Å²) in [4.78, 5) is 23.6. The zero-order valence-corrected chi connectivity index (χ0v) is 36.6. The number of carbonyl (C=O) groups is 1. The third-order valence-electron chi connectivity index (χ3n) is 9.43. The van der Waals surface area contributed by atoms with E-state index < -0.39 is 92.6 Å². The molecule has 0 aliphatic rings. The minimum atomic E-state index is -5.26. The molecule has 28 heteroatoms. The van der Waals surface area contributed by atoms with Gasteiger partial charge in [0.1, 0.15) is 57.3 Å². The Morgan fingerprint density at radius 2 is 1.22 bits per heavy atom. The van der Waals surface area contributed by atoms with Crippen molar-refractivity contribution in [2.24, 2.45) is 30.7 Å². The predicted octanol–water partition coefficient (Wildman–Crippen LogP) is 6.60. The predicted molar refractivity (Wildman–Crippen MR) is 236 cm³/mol. The van der Waals surface area contributed by atoms with E-state index in [0.29, 0.717) is 10.1 Å². The van der Waals surface area contributed by atoms with Crippen LogP contribution in [0.15, 0.2) is 147 Å². The number of phenolic OH excluding ortho intramolecular Hbond substituents is 1. The highest BCUT2D eigenvalue weighted by molar-refractivity contribution is 7.86. The monoisotopic (exact) mass is 992 g/mol. The summed E-state index contributed by atoms with van der Waals surface area (Å²) >= 11 is 0. The van der Waals surface area contributed by atoms with Crippen molar-refractivity contribution in [1.29, 1.82) is 0 Å². The number of aliphatic hydroxyl groups excluding tert-OH is 2. The van der Waals surface area contributed by atoms with E-state index in [1.54, 1.807) is 18.2 Å². The summed E-state index contributed by atoms with van der Waals surface area (Å²) in [6.45, 7) is -1.73. The molecule has 352 valence electrons. The van der Waals surface area contributed by atoms with Crippen LogP contribution in [0.5, 0.6) is 17.2 Å². The molecule has 68 heavy (non-hydrogen) atoms. The first-order valence-corrected chi connectivity index (χ1v) is 23.3. The number of aromatic hydroxyl groups is 1. The number of azo groups is 3. The number of hydrogen-bond donors (Lipinski definition) is 8. The number of aromatic nitrogens is 2. The SMILES string of the molecule is O=C(O)c1[nH]n(-c2ccc3c(O)c(N=Nc4cc(OCCO)c(N=Nc5ccc6ccccc6c5S(=O)(=O)O)cc4OCCO)c(S(=O)(=O)O)cc3c2)c(=O)c1N=Nc1ccc(S(=O)(=O)O)cc1. The molecule has 1 heterocycles. The van der Waals surface area contributed by atoms with Gasteiger partial charge in [0.05, 0.1) is 29.5 Å². The van der Waals surface area contributed by atoms with Crippen molar-refractivity contribution in [3.63, 3.8) is 0 Å². The standard InChI is InChI=1S/C40H32N8O17S3/c49-13-15-64-31-20-30(32(65-16-14-50)19-29(31)43-42-28-12-5-21-3-1-2-4-27(21)38(28)68(61,62)63)44-45-34-33(67(58,59)60)18-22-17-24(8-11-26(22)37(34)51)48-39(52)35(36(47-48)40(53)54)46-41-23-6-9-25(10-7-23)66(55,56)57/h1-12,17-20,47,49-51H,13-16H2,(H,53,54)(H,55,56,57)(H,58,59,60)(H,61,62,63). The lowest BCUT2D eigenvalue weighted by Gasteiger charge is -2.13. The second kappa shape index (κ2) is 19.2. The number of ether oxygens (including phenoxy) is 2. The van der Waals surface area contributed by atoms with E-state index in [0.717, 1.165) is 48.5 Å². The summed E-state index contributed by atoms with van der Waals surface area (Å²) in [5.74, 6) is -2.91. The molecule has 0 bridgehead atoms. The minimum Gasteiger partial charge on any atom is -0.505 e. The fourth-order valence-corrected chi connectivity index (χ4v) is 8.42. The summed E-state index contributed by atoms with van der Waals surface area (Å²) < 4.78 is 115. The number of nitrogens with zero attached hydrogens (tertiary/aromatic N) is 7. The second-order valence-electron chi connectivity index (χ2n) is 13.8. The van der Waals surface area contributed by atoms with Crippen LogP contribution >= 0.6 is 0 Å². The largest absolute Gasteiger partial charge is 0.505 e. The molecule has 0 unspecified atom stereocenters. The number of phenols is 1. The van der Waals surface area contributed by atoms with Crippen LogP contribution in [0.25, 0.3) is 27.2 Å². The summed E-state index contributed by atoms with van der Waals surface area (Å²) in [5, 5.41) is 66.6. The van der Waals surface area contributed by atoms with Crippen LogP contribution in [-0.2, 0) is 30.4 Å². The van der Waals surface area contributed by atoms with Gasteiger partial charge in [-0.3, -0.25) is 23.6 Å². The van der Waals surface area contributed by atoms with E-state index in [1.165, 1.54) is 30.3 Å². The molecule has 6 aromatic carbocycles. The molecule has 0 fully saturated rings. The average Bonchev–Trinajstić information content (AvgIpc) is 3.63. The van der Waals surface area contributed by atoms with E-state index in [1.807, 2.05) is 0 Å². The number of H-pyrrole nitrogens is 1. The summed E-state index contributed by atoms with van der Waals surface area (Å²) in [5.41, 5.74) is -4.22. The lowest BCUT2D eigenvalue weighted by atomic mass is 10.1. The van der Waals surface area contributed by atoms with Crippen molar-refractivity contribution in [3.8, 4) is 22.9 Å². The number of nitrogens with one attached hydrogen (secondary N) is 1.